The number of nitro benzene ring substituents is 1. The number of nitrogens with zero attached hydrogens (tertiary/aromatic N) is 1. The summed E-state index contributed by atoms with van der Waals surface area (Å²) < 4.78 is 5.21. The molecular formula is C13H18N2O5. The molecule has 0 radical (unpaired) electrons. The van der Waals surface area contributed by atoms with Gasteiger partial charge in [-0.2, -0.15) is 0 Å². The molecule has 0 spiro atoms. The Balaban J connectivity index is 2.46. The maximum absolute atomic E-state index is 11.6. The number of carbonyl (C=O) groups excluding carboxylic acids is 1. The molecule has 2 N–H and O–H groups in total. The van der Waals surface area contributed by atoms with Gasteiger partial charge in [-0.25, -0.2) is 0 Å². The third-order valence-corrected chi connectivity index (χ3v) is 2.77. The molecule has 0 aromatic heterocycles. The quantitative estimate of drug-likeness (QED) is 0.576. The molecule has 7 heteroatoms. The number of amides is 1. The van der Waals surface area contributed by atoms with Crippen LogP contribution in [-0.2, 0) is 4.79 Å². The van der Waals surface area contributed by atoms with E-state index in [9.17, 15) is 14.9 Å². The average molecular weight is 282 g/mol. The Morgan fingerprint density at radius 3 is 2.45 bits per heavy atom. The van der Waals surface area contributed by atoms with Gasteiger partial charge < -0.3 is 15.2 Å². The zero-order valence-corrected chi connectivity index (χ0v) is 11.4. The molecule has 0 aliphatic rings. The Morgan fingerprint density at radius 1 is 1.40 bits per heavy atom. The first kappa shape index (κ1) is 15.9. The van der Waals surface area contributed by atoms with Crippen LogP contribution in [0.5, 0.6) is 5.75 Å². The van der Waals surface area contributed by atoms with Gasteiger partial charge in [0.05, 0.1) is 17.6 Å². The molecule has 110 valence electrons. The highest BCUT2D eigenvalue weighted by atomic mass is 16.6. The first-order chi connectivity index (χ1) is 9.43. The third-order valence-electron chi connectivity index (χ3n) is 2.77. The van der Waals surface area contributed by atoms with Crippen molar-refractivity contribution in [3.63, 3.8) is 0 Å². The smallest absolute Gasteiger partial charge is 0.269 e. The Bertz CT molecular complexity index is 458. The Hall–Kier alpha value is -2.15. The van der Waals surface area contributed by atoms with Crippen molar-refractivity contribution in [3.8, 4) is 5.75 Å². The highest BCUT2D eigenvalue weighted by Crippen LogP contribution is 2.17. The lowest BCUT2D eigenvalue weighted by molar-refractivity contribution is -0.384. The molecule has 0 heterocycles. The first-order valence-electron chi connectivity index (χ1n) is 6.21. The average Bonchev–Trinajstić information content (AvgIpc) is 2.42. The van der Waals surface area contributed by atoms with Crippen LogP contribution in [0.3, 0.4) is 0 Å². The molecule has 1 amide bonds. The summed E-state index contributed by atoms with van der Waals surface area (Å²) in [5, 5.41) is 22.2. The monoisotopic (exact) mass is 282 g/mol. The van der Waals surface area contributed by atoms with Crippen LogP contribution in [0, 0.1) is 16.0 Å². The van der Waals surface area contributed by atoms with E-state index in [1.54, 1.807) is 0 Å². The number of hydrogen-bond donors (Lipinski definition) is 2. The molecular weight excluding hydrogens is 264 g/mol. The van der Waals surface area contributed by atoms with Crippen LogP contribution in [0.2, 0.25) is 0 Å². The van der Waals surface area contributed by atoms with Crippen LogP contribution in [0.25, 0.3) is 0 Å². The van der Waals surface area contributed by atoms with Gasteiger partial charge in [0, 0.05) is 12.1 Å². The number of rotatable bonds is 7. The minimum absolute atomic E-state index is 0.0399. The normalized spacial score (nSPS) is 12.0. The Morgan fingerprint density at radius 2 is 2.00 bits per heavy atom. The summed E-state index contributed by atoms with van der Waals surface area (Å²) in [5.74, 6) is 0.135. The van der Waals surface area contributed by atoms with Gasteiger partial charge >= 0.3 is 0 Å². The molecule has 0 aliphatic carbocycles. The largest absolute Gasteiger partial charge is 0.484 e. The predicted octanol–water partition coefficient (Wildman–Crippen LogP) is 1.11. The van der Waals surface area contributed by atoms with Gasteiger partial charge in [-0.05, 0) is 18.1 Å². The number of hydrogen-bond acceptors (Lipinski definition) is 5. The van der Waals surface area contributed by atoms with Crippen LogP contribution in [0.1, 0.15) is 13.8 Å². The number of aliphatic hydroxyl groups is 1. The standard InChI is InChI=1S/C13H18N2O5/c1-9(2)12(7-16)14-13(17)8-20-11-5-3-10(4-6-11)15(18)19/h3-6,9,12,16H,7-8H2,1-2H3,(H,14,17)/t12-/m1/s1. The maximum atomic E-state index is 11.6. The first-order valence-corrected chi connectivity index (χ1v) is 6.21. The summed E-state index contributed by atoms with van der Waals surface area (Å²) in [6.45, 7) is 3.43. The summed E-state index contributed by atoms with van der Waals surface area (Å²) in [6.07, 6.45) is 0. The molecule has 7 nitrogen and oxygen atoms in total. The molecule has 0 aliphatic heterocycles. The molecule has 20 heavy (non-hydrogen) atoms. The van der Waals surface area contributed by atoms with E-state index in [-0.39, 0.29) is 36.8 Å². The molecule has 0 fully saturated rings. The van der Waals surface area contributed by atoms with E-state index in [4.69, 9.17) is 9.84 Å². The molecule has 0 bridgehead atoms. The molecule has 0 saturated heterocycles. The summed E-state index contributed by atoms with van der Waals surface area (Å²) in [4.78, 5) is 21.6. The van der Waals surface area contributed by atoms with E-state index < -0.39 is 4.92 Å². The van der Waals surface area contributed by atoms with Gasteiger partial charge in [-0.3, -0.25) is 14.9 Å². The summed E-state index contributed by atoms with van der Waals surface area (Å²) in [6, 6.07) is 5.15. The van der Waals surface area contributed by atoms with E-state index in [2.05, 4.69) is 5.32 Å². The van der Waals surface area contributed by atoms with Crippen molar-refractivity contribution in [2.75, 3.05) is 13.2 Å². The molecule has 1 aromatic carbocycles. The zero-order chi connectivity index (χ0) is 15.1. The Labute approximate surface area is 116 Å². The lowest BCUT2D eigenvalue weighted by Crippen LogP contribution is -2.43. The second-order valence-corrected chi connectivity index (χ2v) is 4.64. The number of aliphatic hydroxyl groups excluding tert-OH is 1. The summed E-state index contributed by atoms with van der Waals surface area (Å²) >= 11 is 0. The van der Waals surface area contributed by atoms with Crippen LogP contribution in [0.4, 0.5) is 5.69 Å². The van der Waals surface area contributed by atoms with Crippen molar-refractivity contribution in [1.82, 2.24) is 5.32 Å². The van der Waals surface area contributed by atoms with E-state index in [1.807, 2.05) is 13.8 Å². The molecule has 1 aromatic rings. The highest BCUT2D eigenvalue weighted by Gasteiger charge is 2.15. The number of nitro groups is 1. The van der Waals surface area contributed by atoms with Crippen molar-refractivity contribution in [2.24, 2.45) is 5.92 Å². The second-order valence-electron chi connectivity index (χ2n) is 4.64. The van der Waals surface area contributed by atoms with E-state index in [0.717, 1.165) is 0 Å². The van der Waals surface area contributed by atoms with Crippen LogP contribution in [-0.4, -0.2) is 35.2 Å². The van der Waals surface area contributed by atoms with Gasteiger partial charge in [0.1, 0.15) is 5.75 Å². The minimum Gasteiger partial charge on any atom is -0.484 e. The van der Waals surface area contributed by atoms with Crippen molar-refractivity contribution < 1.29 is 19.6 Å². The maximum Gasteiger partial charge on any atom is 0.269 e. The van der Waals surface area contributed by atoms with Crippen LogP contribution >= 0.6 is 0 Å². The predicted molar refractivity (Wildman–Crippen MR) is 72.4 cm³/mol. The van der Waals surface area contributed by atoms with Gasteiger partial charge in [-0.15, -0.1) is 0 Å². The Kier molecular flexibility index (Phi) is 5.92. The zero-order valence-electron chi connectivity index (χ0n) is 11.4. The minimum atomic E-state index is -0.509. The van der Waals surface area contributed by atoms with Crippen molar-refractivity contribution >= 4 is 11.6 Å². The van der Waals surface area contributed by atoms with Crippen LogP contribution in [0.15, 0.2) is 24.3 Å². The number of benzene rings is 1. The lowest BCUT2D eigenvalue weighted by Gasteiger charge is -2.19. The molecule has 0 unspecified atom stereocenters. The number of nitrogens with one attached hydrogen (secondary N) is 1. The van der Waals surface area contributed by atoms with Gasteiger partial charge in [0.2, 0.25) is 0 Å². The highest BCUT2D eigenvalue weighted by molar-refractivity contribution is 5.77. The van der Waals surface area contributed by atoms with E-state index in [1.165, 1.54) is 24.3 Å². The van der Waals surface area contributed by atoms with Crippen molar-refractivity contribution in [1.29, 1.82) is 0 Å². The molecule has 1 atom stereocenters. The fourth-order valence-electron chi connectivity index (χ4n) is 1.48. The van der Waals surface area contributed by atoms with Crippen molar-refractivity contribution in [2.45, 2.75) is 19.9 Å². The fourth-order valence-corrected chi connectivity index (χ4v) is 1.48. The van der Waals surface area contributed by atoms with Gasteiger partial charge in [0.15, 0.2) is 6.61 Å². The number of carbonyl (C=O) groups is 1. The SMILES string of the molecule is CC(C)[C@@H](CO)NC(=O)COc1ccc([N+](=O)[O-])cc1. The molecule has 1 rings (SSSR count). The number of non-ortho nitro benzene ring substituents is 1. The van der Waals surface area contributed by atoms with Gasteiger partial charge in [0.25, 0.3) is 11.6 Å². The van der Waals surface area contributed by atoms with Crippen LogP contribution < -0.4 is 10.1 Å². The van der Waals surface area contributed by atoms with E-state index >= 15 is 0 Å². The number of ether oxygens (including phenoxy) is 1. The van der Waals surface area contributed by atoms with Gasteiger partial charge in [-0.1, -0.05) is 13.8 Å². The summed E-state index contributed by atoms with van der Waals surface area (Å²) in [7, 11) is 0. The second kappa shape index (κ2) is 7.44. The fraction of sp³-hybridized carbons (Fsp3) is 0.462. The lowest BCUT2D eigenvalue weighted by atomic mass is 10.1. The van der Waals surface area contributed by atoms with E-state index in [0.29, 0.717) is 5.75 Å². The topological polar surface area (TPSA) is 102 Å². The third kappa shape index (κ3) is 4.85. The summed E-state index contributed by atoms with van der Waals surface area (Å²) in [5.41, 5.74) is -0.0399. The van der Waals surface area contributed by atoms with Crippen molar-refractivity contribution in [3.05, 3.63) is 34.4 Å². The molecule has 0 saturated carbocycles.